The van der Waals surface area contributed by atoms with E-state index in [1.807, 2.05) is 30.0 Å². The molecular formula is C16H22N2O2. The fourth-order valence-electron chi connectivity index (χ4n) is 3.36. The molecule has 2 heterocycles. The van der Waals surface area contributed by atoms with Crippen molar-refractivity contribution in [3.05, 3.63) is 29.8 Å². The maximum absolute atomic E-state index is 11.7. The zero-order chi connectivity index (χ0) is 14.1. The zero-order valence-electron chi connectivity index (χ0n) is 12.0. The van der Waals surface area contributed by atoms with E-state index in [0.29, 0.717) is 18.4 Å². The summed E-state index contributed by atoms with van der Waals surface area (Å²) >= 11 is 0. The van der Waals surface area contributed by atoms with Gasteiger partial charge < -0.3 is 14.9 Å². The molecule has 1 unspecified atom stereocenters. The van der Waals surface area contributed by atoms with Crippen LogP contribution in [0.2, 0.25) is 0 Å². The van der Waals surface area contributed by atoms with Gasteiger partial charge in [0.05, 0.1) is 6.10 Å². The second-order valence-corrected chi connectivity index (χ2v) is 5.71. The van der Waals surface area contributed by atoms with E-state index in [0.717, 1.165) is 43.7 Å². The third kappa shape index (κ3) is 2.29. The maximum atomic E-state index is 11.7. The van der Waals surface area contributed by atoms with Gasteiger partial charge in [-0.15, -0.1) is 0 Å². The fourth-order valence-corrected chi connectivity index (χ4v) is 3.36. The molecule has 0 bridgehead atoms. The van der Waals surface area contributed by atoms with Gasteiger partial charge in [0, 0.05) is 43.3 Å². The van der Waals surface area contributed by atoms with Crippen molar-refractivity contribution >= 4 is 11.6 Å². The summed E-state index contributed by atoms with van der Waals surface area (Å²) in [5.41, 5.74) is 2.13. The Kier molecular flexibility index (Phi) is 3.66. The van der Waals surface area contributed by atoms with Crippen LogP contribution in [0, 0.1) is 0 Å². The van der Waals surface area contributed by atoms with E-state index >= 15 is 0 Å². The topological polar surface area (TPSA) is 43.8 Å². The van der Waals surface area contributed by atoms with Gasteiger partial charge >= 0.3 is 0 Å². The minimum Gasteiger partial charge on any atom is -0.388 e. The van der Waals surface area contributed by atoms with E-state index < -0.39 is 6.10 Å². The predicted octanol–water partition coefficient (Wildman–Crippen LogP) is 1.94. The number of fused-ring (bicyclic) bond motifs is 1. The van der Waals surface area contributed by atoms with Crippen LogP contribution in [0.4, 0.5) is 5.69 Å². The largest absolute Gasteiger partial charge is 0.388 e. The molecule has 1 aromatic rings. The monoisotopic (exact) mass is 274 g/mol. The average Bonchev–Trinajstić information content (AvgIpc) is 2.87. The summed E-state index contributed by atoms with van der Waals surface area (Å²) in [7, 11) is 0. The van der Waals surface area contributed by atoms with Crippen molar-refractivity contribution in [1.82, 2.24) is 4.90 Å². The maximum Gasteiger partial charge on any atom is 0.223 e. The normalized spacial score (nSPS) is 23.9. The Morgan fingerprint density at radius 1 is 1.35 bits per heavy atom. The molecule has 0 spiro atoms. The Bertz CT molecular complexity index is 503. The summed E-state index contributed by atoms with van der Waals surface area (Å²) in [4.78, 5) is 16.1. The van der Waals surface area contributed by atoms with Crippen LogP contribution in [0.3, 0.4) is 0 Å². The first-order valence-electron chi connectivity index (χ1n) is 7.52. The second kappa shape index (κ2) is 5.44. The average molecular weight is 274 g/mol. The number of carbonyl (C=O) groups excluding carboxylic acids is 1. The SMILES string of the molecule is CC[C@H](O)c1ccccc1N1CCN2C(=O)CCC2C1. The van der Waals surface area contributed by atoms with E-state index in [9.17, 15) is 9.90 Å². The van der Waals surface area contributed by atoms with E-state index in [-0.39, 0.29) is 0 Å². The van der Waals surface area contributed by atoms with Crippen molar-refractivity contribution in [2.45, 2.75) is 38.3 Å². The van der Waals surface area contributed by atoms with Crippen molar-refractivity contribution in [1.29, 1.82) is 0 Å². The molecule has 2 aliphatic rings. The lowest BCUT2D eigenvalue weighted by molar-refractivity contribution is -0.129. The molecule has 2 atom stereocenters. The van der Waals surface area contributed by atoms with Gasteiger partial charge in [-0.05, 0) is 18.9 Å². The Morgan fingerprint density at radius 2 is 2.15 bits per heavy atom. The summed E-state index contributed by atoms with van der Waals surface area (Å²) in [5, 5.41) is 10.2. The van der Waals surface area contributed by atoms with Gasteiger partial charge in [-0.3, -0.25) is 4.79 Å². The smallest absolute Gasteiger partial charge is 0.223 e. The molecule has 4 heteroatoms. The molecule has 0 aliphatic carbocycles. The molecule has 1 amide bonds. The molecule has 0 aromatic heterocycles. The molecule has 2 fully saturated rings. The number of hydrogen-bond acceptors (Lipinski definition) is 3. The Labute approximate surface area is 120 Å². The summed E-state index contributed by atoms with van der Waals surface area (Å²) in [6.07, 6.45) is 1.97. The van der Waals surface area contributed by atoms with Crippen molar-refractivity contribution < 1.29 is 9.90 Å². The first-order chi connectivity index (χ1) is 9.70. The van der Waals surface area contributed by atoms with Gasteiger partial charge in [0.2, 0.25) is 5.91 Å². The number of anilines is 1. The van der Waals surface area contributed by atoms with Gasteiger partial charge in [-0.2, -0.15) is 0 Å². The molecule has 3 rings (SSSR count). The van der Waals surface area contributed by atoms with E-state index in [1.54, 1.807) is 0 Å². The van der Waals surface area contributed by atoms with Crippen molar-refractivity contribution in [2.24, 2.45) is 0 Å². The van der Waals surface area contributed by atoms with E-state index in [2.05, 4.69) is 11.0 Å². The van der Waals surface area contributed by atoms with Crippen LogP contribution in [0.15, 0.2) is 24.3 Å². The first kappa shape index (κ1) is 13.4. The van der Waals surface area contributed by atoms with Crippen molar-refractivity contribution in [2.75, 3.05) is 24.5 Å². The van der Waals surface area contributed by atoms with Gasteiger partial charge in [0.25, 0.3) is 0 Å². The van der Waals surface area contributed by atoms with Crippen LogP contribution in [-0.2, 0) is 4.79 Å². The number of nitrogens with zero attached hydrogens (tertiary/aromatic N) is 2. The molecule has 108 valence electrons. The Morgan fingerprint density at radius 3 is 2.95 bits per heavy atom. The van der Waals surface area contributed by atoms with Crippen LogP contribution in [0.5, 0.6) is 0 Å². The summed E-state index contributed by atoms with van der Waals surface area (Å²) in [5.74, 6) is 0.302. The number of hydrogen-bond donors (Lipinski definition) is 1. The van der Waals surface area contributed by atoms with Gasteiger partial charge in [0.1, 0.15) is 0 Å². The number of amides is 1. The highest BCUT2D eigenvalue weighted by Crippen LogP contribution is 2.31. The highest BCUT2D eigenvalue weighted by molar-refractivity contribution is 5.79. The number of carbonyl (C=O) groups is 1. The van der Waals surface area contributed by atoms with Gasteiger partial charge in [-0.1, -0.05) is 25.1 Å². The van der Waals surface area contributed by atoms with Crippen LogP contribution >= 0.6 is 0 Å². The number of piperazine rings is 1. The second-order valence-electron chi connectivity index (χ2n) is 5.71. The summed E-state index contributed by atoms with van der Waals surface area (Å²) < 4.78 is 0. The fraction of sp³-hybridized carbons (Fsp3) is 0.562. The molecule has 1 aromatic carbocycles. The molecule has 2 aliphatic heterocycles. The summed E-state index contributed by atoms with van der Waals surface area (Å²) in [6.45, 7) is 4.55. The van der Waals surface area contributed by atoms with Crippen molar-refractivity contribution in [3.63, 3.8) is 0 Å². The standard InChI is InChI=1S/C16H22N2O2/c1-2-15(19)13-5-3-4-6-14(13)17-9-10-18-12(11-17)7-8-16(18)20/h3-6,12,15,19H,2,7-11H2,1H3/t12?,15-/m0/s1. The quantitative estimate of drug-likeness (QED) is 0.916. The van der Waals surface area contributed by atoms with E-state index in [4.69, 9.17) is 0 Å². The lowest BCUT2D eigenvalue weighted by Crippen LogP contribution is -2.51. The third-order valence-corrected chi connectivity index (χ3v) is 4.52. The molecule has 2 saturated heterocycles. The first-order valence-corrected chi connectivity index (χ1v) is 7.52. The van der Waals surface area contributed by atoms with Crippen LogP contribution in [0.1, 0.15) is 37.9 Å². The van der Waals surface area contributed by atoms with E-state index in [1.165, 1.54) is 0 Å². The highest BCUT2D eigenvalue weighted by atomic mass is 16.3. The number of aliphatic hydroxyl groups is 1. The number of benzene rings is 1. The summed E-state index contributed by atoms with van der Waals surface area (Å²) in [6, 6.07) is 8.44. The zero-order valence-corrected chi connectivity index (χ0v) is 12.0. The van der Waals surface area contributed by atoms with Gasteiger partial charge in [-0.25, -0.2) is 0 Å². The minimum absolute atomic E-state index is 0.302. The molecular weight excluding hydrogens is 252 g/mol. The van der Waals surface area contributed by atoms with Gasteiger partial charge in [0.15, 0.2) is 0 Å². The van der Waals surface area contributed by atoms with Crippen LogP contribution in [-0.4, -0.2) is 41.6 Å². The Balaban J connectivity index is 1.82. The minimum atomic E-state index is -0.408. The molecule has 0 radical (unpaired) electrons. The lowest BCUT2D eigenvalue weighted by Gasteiger charge is -2.40. The Hall–Kier alpha value is -1.55. The number of rotatable bonds is 3. The van der Waals surface area contributed by atoms with Crippen LogP contribution in [0.25, 0.3) is 0 Å². The third-order valence-electron chi connectivity index (χ3n) is 4.52. The highest BCUT2D eigenvalue weighted by Gasteiger charge is 2.36. The predicted molar refractivity (Wildman–Crippen MR) is 78.6 cm³/mol. The van der Waals surface area contributed by atoms with Crippen LogP contribution < -0.4 is 4.90 Å². The molecule has 4 nitrogen and oxygen atoms in total. The molecule has 1 N–H and O–H groups in total. The molecule has 20 heavy (non-hydrogen) atoms. The molecule has 0 saturated carbocycles. The number of para-hydroxylation sites is 1. The lowest BCUT2D eigenvalue weighted by atomic mass is 10.0. The van der Waals surface area contributed by atoms with Crippen molar-refractivity contribution in [3.8, 4) is 0 Å². The number of aliphatic hydroxyl groups excluding tert-OH is 1.